The summed E-state index contributed by atoms with van der Waals surface area (Å²) in [6, 6.07) is 19.3. The van der Waals surface area contributed by atoms with Crippen LogP contribution in [0.5, 0.6) is 5.75 Å². The molecule has 1 amide bonds. The Morgan fingerprint density at radius 1 is 1.06 bits per heavy atom. The highest BCUT2D eigenvalue weighted by Crippen LogP contribution is 2.27. The number of benzene rings is 3. The first-order valence-electron chi connectivity index (χ1n) is 10.3. The van der Waals surface area contributed by atoms with Crippen molar-refractivity contribution in [2.75, 3.05) is 12.4 Å². The molecule has 0 bridgehead atoms. The van der Waals surface area contributed by atoms with E-state index in [1.807, 2.05) is 18.2 Å². The molecule has 2 heterocycles. The lowest BCUT2D eigenvalue weighted by Crippen LogP contribution is -2.20. The zero-order valence-corrected chi connectivity index (χ0v) is 18.7. The minimum Gasteiger partial charge on any atom is -0.495 e. The van der Waals surface area contributed by atoms with Gasteiger partial charge in [0.15, 0.2) is 0 Å². The molecule has 0 radical (unpaired) electrons. The highest BCUT2D eigenvalue weighted by Gasteiger charge is 2.17. The topological polar surface area (TPSA) is 77.6 Å². The van der Waals surface area contributed by atoms with Gasteiger partial charge in [-0.05, 0) is 54.6 Å². The van der Waals surface area contributed by atoms with E-state index in [9.17, 15) is 14.0 Å². The van der Waals surface area contributed by atoms with Gasteiger partial charge in [-0.3, -0.25) is 9.59 Å². The second-order valence-corrected chi connectivity index (χ2v) is 8.00. The first-order chi connectivity index (χ1) is 16.4. The summed E-state index contributed by atoms with van der Waals surface area (Å²) in [6.45, 7) is -0.0972. The maximum atomic E-state index is 13.4. The lowest BCUT2D eigenvalue weighted by molar-refractivity contribution is -0.116. The Bertz CT molecular complexity index is 1610. The lowest BCUT2D eigenvalue weighted by Gasteiger charge is -2.10. The number of rotatable bonds is 5. The van der Waals surface area contributed by atoms with Crippen molar-refractivity contribution in [3.8, 4) is 17.0 Å². The van der Waals surface area contributed by atoms with Gasteiger partial charge in [0.2, 0.25) is 11.7 Å². The van der Waals surface area contributed by atoms with E-state index >= 15 is 0 Å². The van der Waals surface area contributed by atoms with Gasteiger partial charge in [0.05, 0.1) is 28.9 Å². The Hall–Kier alpha value is -4.17. The van der Waals surface area contributed by atoms with E-state index in [4.69, 9.17) is 16.3 Å². The van der Waals surface area contributed by atoms with Crippen LogP contribution in [0.25, 0.3) is 28.1 Å². The average molecular weight is 477 g/mol. The smallest absolute Gasteiger partial charge is 0.260 e. The predicted octanol–water partition coefficient (Wildman–Crippen LogP) is 4.76. The summed E-state index contributed by atoms with van der Waals surface area (Å²) in [5.74, 6) is 0.0896. The van der Waals surface area contributed by atoms with Crippen molar-refractivity contribution in [1.82, 2.24) is 14.0 Å². The van der Waals surface area contributed by atoms with E-state index in [1.54, 1.807) is 41.0 Å². The molecule has 0 aliphatic carbocycles. The number of ether oxygens (including phenoxy) is 1. The van der Waals surface area contributed by atoms with Gasteiger partial charge >= 0.3 is 0 Å². The molecule has 0 fully saturated rings. The van der Waals surface area contributed by atoms with Gasteiger partial charge in [-0.15, -0.1) is 0 Å². The fraction of sp³-hybridized carbons (Fsp3) is 0.0800. The molecule has 0 aliphatic rings. The summed E-state index contributed by atoms with van der Waals surface area (Å²) in [7, 11) is 1.51. The van der Waals surface area contributed by atoms with E-state index in [1.165, 1.54) is 29.7 Å². The number of nitrogens with zero attached hydrogens (tertiary/aromatic N) is 3. The van der Waals surface area contributed by atoms with E-state index in [2.05, 4.69) is 10.3 Å². The molecule has 0 spiro atoms. The third-order valence-electron chi connectivity index (χ3n) is 5.43. The van der Waals surface area contributed by atoms with Crippen molar-refractivity contribution in [2.45, 2.75) is 6.54 Å². The van der Waals surface area contributed by atoms with Crippen molar-refractivity contribution in [2.24, 2.45) is 0 Å². The quantitative estimate of drug-likeness (QED) is 0.397. The first kappa shape index (κ1) is 21.7. The summed E-state index contributed by atoms with van der Waals surface area (Å²) >= 11 is 6.16. The zero-order chi connectivity index (χ0) is 23.8. The van der Waals surface area contributed by atoms with E-state index in [0.29, 0.717) is 44.5 Å². The maximum absolute atomic E-state index is 13.4. The molecule has 0 saturated carbocycles. The number of para-hydroxylation sites is 2. The van der Waals surface area contributed by atoms with E-state index in [0.717, 1.165) is 0 Å². The Morgan fingerprint density at radius 2 is 1.79 bits per heavy atom. The molecule has 34 heavy (non-hydrogen) atoms. The Kier molecular flexibility index (Phi) is 5.51. The number of imidazole rings is 1. The number of hydrogen-bond acceptors (Lipinski definition) is 4. The molecule has 3 aromatic carbocycles. The molecule has 2 aromatic heterocycles. The third-order valence-corrected chi connectivity index (χ3v) is 5.73. The number of methoxy groups -OCH3 is 1. The summed E-state index contributed by atoms with van der Waals surface area (Å²) in [4.78, 5) is 30.7. The number of nitrogens with one attached hydrogen (secondary N) is 1. The van der Waals surface area contributed by atoms with Crippen LogP contribution in [0.4, 0.5) is 10.1 Å². The fourth-order valence-corrected chi connectivity index (χ4v) is 4.14. The minimum absolute atomic E-state index is 0.0972. The molecule has 5 aromatic rings. The maximum Gasteiger partial charge on any atom is 0.260 e. The van der Waals surface area contributed by atoms with Gasteiger partial charge in [0.1, 0.15) is 18.1 Å². The van der Waals surface area contributed by atoms with Crippen molar-refractivity contribution >= 4 is 40.0 Å². The number of hydrogen-bond donors (Lipinski definition) is 1. The van der Waals surface area contributed by atoms with Crippen molar-refractivity contribution in [3.63, 3.8) is 0 Å². The molecule has 170 valence electrons. The first-order valence-corrected chi connectivity index (χ1v) is 10.7. The molecule has 7 nitrogen and oxygen atoms in total. The second-order valence-electron chi connectivity index (χ2n) is 7.59. The number of carbonyl (C=O) groups excluding carboxylic acids is 1. The molecule has 0 atom stereocenters. The van der Waals surface area contributed by atoms with Gasteiger partial charge in [0, 0.05) is 17.3 Å². The summed E-state index contributed by atoms with van der Waals surface area (Å²) < 4.78 is 21.6. The summed E-state index contributed by atoms with van der Waals surface area (Å²) in [5.41, 5.74) is 2.48. The van der Waals surface area contributed by atoms with Crippen LogP contribution in [0, 0.1) is 5.82 Å². The standard InChI is InChI=1S/C25H18ClFN4O3/c1-34-22-11-10-17(12-18(22)26)28-23(32)14-30-20-4-2-3-5-21(20)31-24(33)13-19(29-25(30)31)15-6-8-16(27)9-7-15/h2-13H,14H2,1H3,(H,28,32). The normalized spacial score (nSPS) is 11.1. The molecular formula is C25H18ClFN4O3. The van der Waals surface area contributed by atoms with Crippen LogP contribution >= 0.6 is 11.6 Å². The third kappa shape index (κ3) is 3.88. The monoisotopic (exact) mass is 476 g/mol. The number of halogens is 2. The number of carbonyl (C=O) groups is 1. The van der Waals surface area contributed by atoms with Crippen LogP contribution in [-0.2, 0) is 11.3 Å². The number of anilines is 1. The fourth-order valence-electron chi connectivity index (χ4n) is 3.88. The second kappa shape index (κ2) is 8.64. The number of amides is 1. The Balaban J connectivity index is 1.58. The van der Waals surface area contributed by atoms with Crippen LogP contribution in [0.15, 0.2) is 77.6 Å². The summed E-state index contributed by atoms with van der Waals surface area (Å²) in [5, 5.41) is 3.18. The van der Waals surface area contributed by atoms with Crippen molar-refractivity contribution in [3.05, 3.63) is 94.0 Å². The SMILES string of the molecule is COc1ccc(NC(=O)Cn2c3ccccc3n3c(=O)cc(-c4ccc(F)cc4)nc23)cc1Cl. The molecule has 0 aliphatic heterocycles. The Labute approximate surface area is 198 Å². The molecular weight excluding hydrogens is 459 g/mol. The lowest BCUT2D eigenvalue weighted by atomic mass is 10.1. The average Bonchev–Trinajstić information content (AvgIpc) is 3.13. The van der Waals surface area contributed by atoms with Crippen LogP contribution in [0.3, 0.4) is 0 Å². The van der Waals surface area contributed by atoms with Crippen molar-refractivity contribution in [1.29, 1.82) is 0 Å². The van der Waals surface area contributed by atoms with Crippen LogP contribution in [0.1, 0.15) is 0 Å². The summed E-state index contributed by atoms with van der Waals surface area (Å²) in [6.07, 6.45) is 0. The molecule has 9 heteroatoms. The minimum atomic E-state index is -0.383. The highest BCUT2D eigenvalue weighted by molar-refractivity contribution is 6.32. The van der Waals surface area contributed by atoms with Gasteiger partial charge in [-0.1, -0.05) is 23.7 Å². The van der Waals surface area contributed by atoms with E-state index in [-0.39, 0.29) is 23.8 Å². The van der Waals surface area contributed by atoms with Crippen LogP contribution < -0.4 is 15.6 Å². The number of fused-ring (bicyclic) bond motifs is 3. The number of aromatic nitrogens is 3. The van der Waals surface area contributed by atoms with Gasteiger partial charge in [-0.2, -0.15) is 0 Å². The predicted molar refractivity (Wildman–Crippen MR) is 129 cm³/mol. The Morgan fingerprint density at radius 3 is 2.50 bits per heavy atom. The van der Waals surface area contributed by atoms with Crippen molar-refractivity contribution < 1.29 is 13.9 Å². The van der Waals surface area contributed by atoms with Crippen LogP contribution in [0.2, 0.25) is 5.02 Å². The van der Waals surface area contributed by atoms with E-state index < -0.39 is 0 Å². The van der Waals surface area contributed by atoms with Gasteiger partial charge in [0.25, 0.3) is 5.56 Å². The highest BCUT2D eigenvalue weighted by atomic mass is 35.5. The van der Waals surface area contributed by atoms with Crippen LogP contribution in [-0.4, -0.2) is 27.0 Å². The zero-order valence-electron chi connectivity index (χ0n) is 18.0. The largest absolute Gasteiger partial charge is 0.495 e. The van der Waals surface area contributed by atoms with Gasteiger partial charge in [-0.25, -0.2) is 13.8 Å². The van der Waals surface area contributed by atoms with Gasteiger partial charge < -0.3 is 14.6 Å². The molecule has 0 unspecified atom stereocenters. The molecule has 0 saturated heterocycles. The molecule has 1 N–H and O–H groups in total. The molecule has 5 rings (SSSR count).